The van der Waals surface area contributed by atoms with E-state index in [4.69, 9.17) is 26.1 Å². The van der Waals surface area contributed by atoms with Crippen LogP contribution in [0.2, 0.25) is 5.02 Å². The van der Waals surface area contributed by atoms with E-state index in [1.54, 1.807) is 18.2 Å². The molecule has 0 atom stereocenters. The number of benzene rings is 1. The SMILES string of the molecule is N#CCC1(Cn2c(CN3CCC(Oc4cccc(COc5ccc(Cl)cc5F)n4)CC3)nc3ccc(CC(=O)O)nc32)CC1. The van der Waals surface area contributed by atoms with Crippen molar-refractivity contribution in [1.82, 2.24) is 24.4 Å². The molecule has 0 radical (unpaired) electrons. The number of likely N-dealkylation sites (tertiary alicyclic amines) is 1. The fourth-order valence-electron chi connectivity index (χ4n) is 5.60. The van der Waals surface area contributed by atoms with Crippen LogP contribution >= 0.6 is 11.6 Å². The Morgan fingerprint density at radius 2 is 1.93 bits per heavy atom. The van der Waals surface area contributed by atoms with Gasteiger partial charge in [-0.25, -0.2) is 19.3 Å². The van der Waals surface area contributed by atoms with Crippen LogP contribution in [0.15, 0.2) is 48.5 Å². The quantitative estimate of drug-likeness (QED) is 0.217. The lowest BCUT2D eigenvalue weighted by Crippen LogP contribution is -2.38. The van der Waals surface area contributed by atoms with Crippen molar-refractivity contribution in [2.24, 2.45) is 5.41 Å². The molecule has 12 heteroatoms. The highest BCUT2D eigenvalue weighted by molar-refractivity contribution is 6.30. The molecule has 1 N–H and O–H groups in total. The van der Waals surface area contributed by atoms with Gasteiger partial charge in [-0.1, -0.05) is 17.7 Å². The Morgan fingerprint density at radius 3 is 2.66 bits per heavy atom. The second kappa shape index (κ2) is 12.8. The third-order valence-electron chi connectivity index (χ3n) is 8.20. The summed E-state index contributed by atoms with van der Waals surface area (Å²) in [4.78, 5) is 27.7. The summed E-state index contributed by atoms with van der Waals surface area (Å²) in [6.45, 7) is 2.96. The van der Waals surface area contributed by atoms with Gasteiger partial charge in [0.1, 0.15) is 24.1 Å². The lowest BCUT2D eigenvalue weighted by molar-refractivity contribution is -0.136. The minimum Gasteiger partial charge on any atom is -0.484 e. The van der Waals surface area contributed by atoms with Crippen molar-refractivity contribution in [2.45, 2.75) is 64.3 Å². The number of nitriles is 1. The van der Waals surface area contributed by atoms with Crippen molar-refractivity contribution in [3.63, 3.8) is 0 Å². The summed E-state index contributed by atoms with van der Waals surface area (Å²) in [6, 6.07) is 15.6. The van der Waals surface area contributed by atoms with E-state index in [2.05, 4.69) is 25.5 Å². The van der Waals surface area contributed by atoms with Crippen LogP contribution in [0.1, 0.15) is 49.3 Å². The number of carbonyl (C=O) groups is 1. The smallest absolute Gasteiger partial charge is 0.309 e. The zero-order valence-corrected chi connectivity index (χ0v) is 24.8. The molecule has 4 aromatic rings. The number of carboxylic acid groups (broad SMARTS) is 1. The van der Waals surface area contributed by atoms with Crippen molar-refractivity contribution in [3.05, 3.63) is 76.6 Å². The fraction of sp³-hybridized carbons (Fsp3) is 0.406. The summed E-state index contributed by atoms with van der Waals surface area (Å²) < 4.78 is 27.9. The minimum atomic E-state index is -0.931. The Labute approximate surface area is 259 Å². The fourth-order valence-corrected chi connectivity index (χ4v) is 5.76. The first kappa shape index (κ1) is 29.8. The van der Waals surface area contributed by atoms with E-state index in [-0.39, 0.29) is 30.3 Å². The Morgan fingerprint density at radius 1 is 1.11 bits per heavy atom. The maximum atomic E-state index is 14.1. The van der Waals surface area contributed by atoms with Gasteiger partial charge in [0.15, 0.2) is 17.2 Å². The highest BCUT2D eigenvalue weighted by atomic mass is 35.5. The zero-order valence-electron chi connectivity index (χ0n) is 24.1. The number of aromatic nitrogens is 4. The van der Waals surface area contributed by atoms with Crippen LogP contribution in [0.3, 0.4) is 0 Å². The van der Waals surface area contributed by atoms with Crippen LogP contribution in [-0.4, -0.2) is 54.7 Å². The van der Waals surface area contributed by atoms with Crippen molar-refractivity contribution in [1.29, 1.82) is 5.26 Å². The molecular weight excluding hydrogens is 587 g/mol. The first-order valence-electron chi connectivity index (χ1n) is 14.7. The minimum absolute atomic E-state index is 0.00643. The molecule has 2 aliphatic rings. The zero-order chi connectivity index (χ0) is 30.7. The van der Waals surface area contributed by atoms with E-state index >= 15 is 0 Å². The van der Waals surface area contributed by atoms with Crippen LogP contribution < -0.4 is 9.47 Å². The molecule has 228 valence electrons. The molecule has 4 heterocycles. The van der Waals surface area contributed by atoms with E-state index < -0.39 is 11.8 Å². The molecule has 0 amide bonds. The number of piperidine rings is 1. The number of nitrogens with zero attached hydrogens (tertiary/aromatic N) is 6. The van der Waals surface area contributed by atoms with Gasteiger partial charge in [0.2, 0.25) is 5.88 Å². The summed E-state index contributed by atoms with van der Waals surface area (Å²) >= 11 is 5.81. The molecule has 1 aromatic carbocycles. The van der Waals surface area contributed by atoms with Gasteiger partial charge in [-0.15, -0.1) is 0 Å². The summed E-state index contributed by atoms with van der Waals surface area (Å²) in [5.74, 6) is 0.0197. The van der Waals surface area contributed by atoms with Gasteiger partial charge in [0.05, 0.1) is 30.4 Å². The molecule has 2 fully saturated rings. The highest BCUT2D eigenvalue weighted by Crippen LogP contribution is 2.50. The molecule has 0 unspecified atom stereocenters. The van der Waals surface area contributed by atoms with E-state index in [1.807, 2.05) is 18.2 Å². The molecule has 1 saturated heterocycles. The lowest BCUT2D eigenvalue weighted by atomic mass is 10.0. The third kappa shape index (κ3) is 7.09. The maximum absolute atomic E-state index is 14.1. The van der Waals surface area contributed by atoms with E-state index in [0.29, 0.717) is 47.4 Å². The number of hydrogen-bond donors (Lipinski definition) is 1. The summed E-state index contributed by atoms with van der Waals surface area (Å²) in [7, 11) is 0. The average molecular weight is 619 g/mol. The van der Waals surface area contributed by atoms with E-state index in [1.165, 1.54) is 12.1 Å². The normalized spacial score (nSPS) is 16.5. The van der Waals surface area contributed by atoms with Gasteiger partial charge in [-0.05, 0) is 62.1 Å². The van der Waals surface area contributed by atoms with Gasteiger partial charge >= 0.3 is 5.97 Å². The molecular formula is C32H32ClFN6O4. The standard InChI is InChI=1S/C32H32ClFN6O4/c33-21-4-7-27(25(34)16-21)43-19-23-2-1-3-29(36-23)44-24-8-14-39(15-9-24)18-28-38-26-6-5-22(17-30(41)42)37-31(26)40(28)20-32(10-11-32)12-13-35/h1-7,16,24H,8-12,14-15,17-20H2,(H,41,42). The molecule has 44 heavy (non-hydrogen) atoms. The number of ether oxygens (including phenoxy) is 2. The monoisotopic (exact) mass is 618 g/mol. The summed E-state index contributed by atoms with van der Waals surface area (Å²) in [5, 5.41) is 19.0. The lowest BCUT2D eigenvalue weighted by Gasteiger charge is -2.31. The number of carboxylic acids is 1. The predicted octanol–water partition coefficient (Wildman–Crippen LogP) is 5.56. The van der Waals surface area contributed by atoms with Gasteiger partial charge in [0.25, 0.3) is 0 Å². The molecule has 1 aliphatic heterocycles. The first-order chi connectivity index (χ1) is 21.3. The number of pyridine rings is 2. The first-order valence-corrected chi connectivity index (χ1v) is 15.0. The number of halogens is 2. The number of imidazole rings is 1. The molecule has 0 spiro atoms. The number of rotatable bonds is 12. The van der Waals surface area contributed by atoms with Crippen LogP contribution in [0.5, 0.6) is 11.6 Å². The topological polar surface area (TPSA) is 126 Å². The second-order valence-electron chi connectivity index (χ2n) is 11.6. The van der Waals surface area contributed by atoms with Crippen LogP contribution in [0.25, 0.3) is 11.2 Å². The predicted molar refractivity (Wildman–Crippen MR) is 160 cm³/mol. The van der Waals surface area contributed by atoms with Crippen molar-refractivity contribution in [3.8, 4) is 17.7 Å². The molecule has 10 nitrogen and oxygen atoms in total. The van der Waals surface area contributed by atoms with Gasteiger partial charge in [-0.2, -0.15) is 5.26 Å². The largest absolute Gasteiger partial charge is 0.484 e. The third-order valence-corrected chi connectivity index (χ3v) is 8.44. The molecule has 1 aliphatic carbocycles. The van der Waals surface area contributed by atoms with Crippen LogP contribution in [0, 0.1) is 22.6 Å². The van der Waals surface area contributed by atoms with Gasteiger partial charge in [0, 0.05) is 42.6 Å². The molecule has 0 bridgehead atoms. The maximum Gasteiger partial charge on any atom is 0.309 e. The highest BCUT2D eigenvalue weighted by Gasteiger charge is 2.43. The molecule has 1 saturated carbocycles. The Kier molecular flexibility index (Phi) is 8.64. The second-order valence-corrected chi connectivity index (χ2v) is 12.0. The van der Waals surface area contributed by atoms with Gasteiger partial charge < -0.3 is 19.1 Å². The Hall–Kier alpha value is -4.27. The van der Waals surface area contributed by atoms with Crippen molar-refractivity contribution in [2.75, 3.05) is 13.1 Å². The molecule has 3 aromatic heterocycles. The average Bonchev–Trinajstić information content (AvgIpc) is 3.68. The van der Waals surface area contributed by atoms with E-state index in [9.17, 15) is 19.6 Å². The number of fused-ring (bicyclic) bond motifs is 1. The Bertz CT molecular complexity index is 1710. The van der Waals surface area contributed by atoms with E-state index in [0.717, 1.165) is 50.1 Å². The van der Waals surface area contributed by atoms with Crippen molar-refractivity contribution >= 4 is 28.7 Å². The summed E-state index contributed by atoms with van der Waals surface area (Å²) in [5.41, 5.74) is 2.45. The summed E-state index contributed by atoms with van der Waals surface area (Å²) in [6.07, 6.45) is 3.89. The number of aliphatic carboxylic acids is 1. The van der Waals surface area contributed by atoms with Gasteiger partial charge in [-0.3, -0.25) is 9.69 Å². The Balaban J connectivity index is 1.09. The number of hydrogen-bond acceptors (Lipinski definition) is 8. The van der Waals surface area contributed by atoms with Crippen molar-refractivity contribution < 1.29 is 23.8 Å². The molecule has 6 rings (SSSR count). The van der Waals surface area contributed by atoms with Crippen LogP contribution in [0.4, 0.5) is 4.39 Å². The van der Waals surface area contributed by atoms with Crippen LogP contribution in [-0.2, 0) is 30.9 Å².